The summed E-state index contributed by atoms with van der Waals surface area (Å²) in [4.78, 5) is 37.4. The summed E-state index contributed by atoms with van der Waals surface area (Å²) in [5.74, 6) is -0.384. The van der Waals surface area contributed by atoms with Crippen molar-refractivity contribution in [2.75, 3.05) is 20.3 Å². The van der Waals surface area contributed by atoms with Crippen LogP contribution in [0, 0.1) is 10.1 Å². The molecule has 0 aliphatic rings. The van der Waals surface area contributed by atoms with E-state index in [0.717, 1.165) is 16.5 Å². The standard InChI is InChI=1S/C22H26BrN3O6/c1-4-11-24-22(28)15(2)25(13-16-5-7-17(23)8-6-16)21(27)14-32-18-9-10-19(26(29)30)20(12-18)31-3/h5-10,12,15H,4,11,13-14H2,1-3H3,(H,24,28)/t15-/m1/s1. The molecule has 0 aromatic heterocycles. The Bertz CT molecular complexity index is 951. The quantitative estimate of drug-likeness (QED) is 0.366. The molecule has 172 valence electrons. The number of hydrogen-bond donors (Lipinski definition) is 1. The van der Waals surface area contributed by atoms with Gasteiger partial charge in [0.05, 0.1) is 12.0 Å². The number of amides is 2. The number of carbonyl (C=O) groups excluding carboxylic acids is 2. The van der Waals surface area contributed by atoms with E-state index in [9.17, 15) is 19.7 Å². The van der Waals surface area contributed by atoms with Crippen LogP contribution in [-0.4, -0.2) is 47.9 Å². The second-order valence-corrected chi connectivity index (χ2v) is 7.91. The first-order valence-electron chi connectivity index (χ1n) is 10.0. The monoisotopic (exact) mass is 507 g/mol. The molecule has 0 saturated carbocycles. The second kappa shape index (κ2) is 12.0. The van der Waals surface area contributed by atoms with Crippen LogP contribution in [0.5, 0.6) is 11.5 Å². The smallest absolute Gasteiger partial charge is 0.311 e. The van der Waals surface area contributed by atoms with Gasteiger partial charge in [-0.05, 0) is 37.1 Å². The molecule has 1 N–H and O–H groups in total. The van der Waals surface area contributed by atoms with E-state index in [1.807, 2.05) is 31.2 Å². The molecule has 2 amide bonds. The van der Waals surface area contributed by atoms with Crippen LogP contribution in [0.2, 0.25) is 0 Å². The van der Waals surface area contributed by atoms with Crippen molar-refractivity contribution in [3.8, 4) is 11.5 Å². The number of benzene rings is 2. The Morgan fingerprint density at radius 2 is 1.91 bits per heavy atom. The van der Waals surface area contributed by atoms with Crippen LogP contribution in [0.25, 0.3) is 0 Å². The van der Waals surface area contributed by atoms with E-state index in [1.165, 1.54) is 30.2 Å². The number of nitrogens with one attached hydrogen (secondary N) is 1. The number of nitro groups is 1. The van der Waals surface area contributed by atoms with E-state index in [0.29, 0.717) is 6.54 Å². The van der Waals surface area contributed by atoms with Crippen LogP contribution >= 0.6 is 15.9 Å². The Hall–Kier alpha value is -3.14. The fraction of sp³-hybridized carbons (Fsp3) is 0.364. The number of rotatable bonds is 11. The topological polar surface area (TPSA) is 111 Å². The summed E-state index contributed by atoms with van der Waals surface area (Å²) < 4.78 is 11.5. The lowest BCUT2D eigenvalue weighted by Gasteiger charge is -2.28. The van der Waals surface area contributed by atoms with Crippen LogP contribution in [0.15, 0.2) is 46.9 Å². The molecule has 1 atom stereocenters. The minimum Gasteiger partial charge on any atom is -0.490 e. The lowest BCUT2D eigenvalue weighted by Crippen LogP contribution is -2.49. The van der Waals surface area contributed by atoms with Gasteiger partial charge in [-0.25, -0.2) is 0 Å². The minimum atomic E-state index is -0.715. The molecule has 0 aliphatic heterocycles. The molecule has 0 spiro atoms. The Morgan fingerprint density at radius 3 is 2.50 bits per heavy atom. The van der Waals surface area contributed by atoms with Crippen molar-refractivity contribution in [1.82, 2.24) is 10.2 Å². The van der Waals surface area contributed by atoms with Gasteiger partial charge in [0, 0.05) is 29.7 Å². The molecule has 0 bridgehead atoms. The molecular formula is C22H26BrN3O6. The molecule has 9 nitrogen and oxygen atoms in total. The van der Waals surface area contributed by atoms with Gasteiger partial charge in [0.15, 0.2) is 6.61 Å². The maximum Gasteiger partial charge on any atom is 0.311 e. The average molecular weight is 508 g/mol. The van der Waals surface area contributed by atoms with Gasteiger partial charge in [0.1, 0.15) is 11.8 Å². The normalized spacial score (nSPS) is 11.4. The fourth-order valence-electron chi connectivity index (χ4n) is 2.89. The van der Waals surface area contributed by atoms with Gasteiger partial charge in [0.25, 0.3) is 5.91 Å². The summed E-state index contributed by atoms with van der Waals surface area (Å²) in [5, 5.41) is 13.8. The third kappa shape index (κ3) is 6.94. The Kier molecular flexibility index (Phi) is 9.45. The van der Waals surface area contributed by atoms with Crippen molar-refractivity contribution in [3.63, 3.8) is 0 Å². The third-order valence-corrected chi connectivity index (χ3v) is 5.22. The summed E-state index contributed by atoms with van der Waals surface area (Å²) in [6.07, 6.45) is 0.782. The zero-order valence-corrected chi connectivity index (χ0v) is 19.8. The first-order valence-corrected chi connectivity index (χ1v) is 10.8. The fourth-order valence-corrected chi connectivity index (χ4v) is 3.16. The lowest BCUT2D eigenvalue weighted by atomic mass is 10.1. The van der Waals surface area contributed by atoms with E-state index < -0.39 is 16.9 Å². The molecule has 10 heteroatoms. The highest BCUT2D eigenvalue weighted by molar-refractivity contribution is 9.10. The largest absolute Gasteiger partial charge is 0.490 e. The molecule has 2 aromatic carbocycles. The van der Waals surface area contributed by atoms with Crippen molar-refractivity contribution in [2.24, 2.45) is 0 Å². The highest BCUT2D eigenvalue weighted by Gasteiger charge is 2.26. The molecule has 0 aliphatic carbocycles. The van der Waals surface area contributed by atoms with Gasteiger partial charge in [-0.2, -0.15) is 0 Å². The number of carbonyl (C=O) groups is 2. The van der Waals surface area contributed by atoms with Gasteiger partial charge >= 0.3 is 5.69 Å². The Morgan fingerprint density at radius 1 is 1.22 bits per heavy atom. The maximum absolute atomic E-state index is 13.0. The number of halogens is 1. The van der Waals surface area contributed by atoms with Crippen molar-refractivity contribution >= 4 is 33.4 Å². The van der Waals surface area contributed by atoms with E-state index in [1.54, 1.807) is 6.92 Å². The van der Waals surface area contributed by atoms with Gasteiger partial charge in [-0.3, -0.25) is 19.7 Å². The van der Waals surface area contributed by atoms with Crippen LogP contribution < -0.4 is 14.8 Å². The predicted octanol–water partition coefficient (Wildman–Crippen LogP) is 3.69. The summed E-state index contributed by atoms with van der Waals surface area (Å²) in [6, 6.07) is 10.7. The van der Waals surface area contributed by atoms with E-state index in [-0.39, 0.29) is 36.2 Å². The number of hydrogen-bond acceptors (Lipinski definition) is 6. The van der Waals surface area contributed by atoms with Gasteiger partial charge in [0.2, 0.25) is 11.7 Å². The first-order chi connectivity index (χ1) is 15.3. The minimum absolute atomic E-state index is 0.0268. The summed E-state index contributed by atoms with van der Waals surface area (Å²) in [7, 11) is 1.31. The summed E-state index contributed by atoms with van der Waals surface area (Å²) in [5.41, 5.74) is 0.651. The van der Waals surface area contributed by atoms with Crippen LogP contribution in [0.1, 0.15) is 25.8 Å². The van der Waals surface area contributed by atoms with E-state index in [4.69, 9.17) is 9.47 Å². The van der Waals surface area contributed by atoms with Crippen molar-refractivity contribution < 1.29 is 24.0 Å². The van der Waals surface area contributed by atoms with Crippen molar-refractivity contribution in [1.29, 1.82) is 0 Å². The highest BCUT2D eigenvalue weighted by Crippen LogP contribution is 2.30. The van der Waals surface area contributed by atoms with Gasteiger partial charge in [-0.15, -0.1) is 0 Å². The zero-order chi connectivity index (χ0) is 23.7. The van der Waals surface area contributed by atoms with Gasteiger partial charge in [-0.1, -0.05) is 35.0 Å². The van der Waals surface area contributed by atoms with Gasteiger partial charge < -0.3 is 19.7 Å². The van der Waals surface area contributed by atoms with Crippen molar-refractivity contribution in [2.45, 2.75) is 32.9 Å². The molecule has 0 unspecified atom stereocenters. The molecule has 2 aromatic rings. The average Bonchev–Trinajstić information content (AvgIpc) is 2.79. The molecule has 0 radical (unpaired) electrons. The molecule has 32 heavy (non-hydrogen) atoms. The Labute approximate surface area is 195 Å². The number of ether oxygens (including phenoxy) is 2. The molecule has 0 saturated heterocycles. The summed E-state index contributed by atoms with van der Waals surface area (Å²) >= 11 is 3.38. The van der Waals surface area contributed by atoms with Crippen molar-refractivity contribution in [3.05, 3.63) is 62.6 Å². The number of nitrogens with zero attached hydrogens (tertiary/aromatic N) is 2. The molecular weight excluding hydrogens is 482 g/mol. The second-order valence-electron chi connectivity index (χ2n) is 6.99. The van der Waals surface area contributed by atoms with Crippen LogP contribution in [-0.2, 0) is 16.1 Å². The van der Waals surface area contributed by atoms with E-state index in [2.05, 4.69) is 21.2 Å². The lowest BCUT2D eigenvalue weighted by molar-refractivity contribution is -0.385. The summed E-state index contributed by atoms with van der Waals surface area (Å²) in [6.45, 7) is 4.00. The number of methoxy groups -OCH3 is 1. The highest BCUT2D eigenvalue weighted by atomic mass is 79.9. The number of nitro benzene ring substituents is 1. The Balaban J connectivity index is 2.16. The van der Waals surface area contributed by atoms with Crippen LogP contribution in [0.4, 0.5) is 5.69 Å². The van der Waals surface area contributed by atoms with E-state index >= 15 is 0 Å². The third-order valence-electron chi connectivity index (χ3n) is 4.69. The molecule has 0 fully saturated rings. The predicted molar refractivity (Wildman–Crippen MR) is 123 cm³/mol. The SMILES string of the molecule is CCCNC(=O)[C@@H](C)N(Cc1ccc(Br)cc1)C(=O)COc1ccc([N+](=O)[O-])c(OC)c1. The molecule has 0 heterocycles. The maximum atomic E-state index is 13.0. The molecule has 2 rings (SSSR count). The van der Waals surface area contributed by atoms with Crippen LogP contribution in [0.3, 0.4) is 0 Å². The first kappa shape index (κ1) is 25.1. The zero-order valence-electron chi connectivity index (χ0n) is 18.2.